The Hall–Kier alpha value is -2.04. The monoisotopic (exact) mass is 350 g/mol. The molecule has 0 bridgehead atoms. The fraction of sp³-hybridized carbons (Fsp3) is 0.0909. The molecule has 0 unspecified atom stereocenters. The first-order valence-corrected chi connectivity index (χ1v) is 7.54. The number of aryl methyl sites for hydroxylation is 1. The van der Waals surface area contributed by atoms with Crippen molar-refractivity contribution in [3.63, 3.8) is 0 Å². The van der Waals surface area contributed by atoms with E-state index < -0.39 is 37.7 Å². The molecular weight excluding hydrogens is 342 g/mol. The van der Waals surface area contributed by atoms with Gasteiger partial charge in [0.25, 0.3) is 5.91 Å². The zero-order valence-corrected chi connectivity index (χ0v) is 12.5. The van der Waals surface area contributed by atoms with Gasteiger partial charge in [0, 0.05) is 25.4 Å². The van der Waals surface area contributed by atoms with Crippen molar-refractivity contribution in [1.82, 2.24) is 9.55 Å². The first kappa shape index (κ1) is 16.3. The summed E-state index contributed by atoms with van der Waals surface area (Å²) in [7, 11) is -2.75. The van der Waals surface area contributed by atoms with E-state index >= 15 is 0 Å². The number of amides is 1. The largest absolute Gasteiger partial charge is 0.344 e. The molecule has 2 heterocycles. The molecule has 11 heteroatoms. The Morgan fingerprint density at radius 1 is 1.36 bits per heavy atom. The number of hydrogen-bond donors (Lipinski definition) is 2. The molecule has 3 N–H and O–H groups in total. The number of anilines is 1. The van der Waals surface area contributed by atoms with Crippen LogP contribution in [0.25, 0.3) is 0 Å². The van der Waals surface area contributed by atoms with Crippen molar-refractivity contribution in [2.24, 2.45) is 12.2 Å². The van der Waals surface area contributed by atoms with Crippen LogP contribution in [0.3, 0.4) is 0 Å². The fourth-order valence-corrected chi connectivity index (χ4v) is 3.00. The van der Waals surface area contributed by atoms with Crippen molar-refractivity contribution in [3.8, 4) is 0 Å². The van der Waals surface area contributed by atoms with Crippen LogP contribution in [0, 0.1) is 11.9 Å². The van der Waals surface area contributed by atoms with E-state index in [1.807, 2.05) is 0 Å². The van der Waals surface area contributed by atoms with Crippen LogP contribution in [0.2, 0.25) is 5.02 Å². The molecule has 0 atom stereocenters. The molecule has 2 aromatic heterocycles. The lowest BCUT2D eigenvalue weighted by Crippen LogP contribution is -2.16. The average Bonchev–Trinajstić information content (AvgIpc) is 2.63. The Balaban J connectivity index is 2.40. The lowest BCUT2D eigenvalue weighted by molar-refractivity contribution is 0.101. The normalized spacial score (nSPS) is 11.5. The van der Waals surface area contributed by atoms with Gasteiger partial charge in [-0.05, 0) is 0 Å². The third kappa shape index (κ3) is 3.24. The Labute approximate surface area is 128 Å². The smallest absolute Gasteiger partial charge is 0.273 e. The number of nitrogens with one attached hydrogen (secondary N) is 1. The topological polar surface area (TPSA) is 107 Å². The highest BCUT2D eigenvalue weighted by atomic mass is 35.5. The van der Waals surface area contributed by atoms with Crippen LogP contribution >= 0.6 is 11.6 Å². The number of hydrogen-bond acceptors (Lipinski definition) is 4. The van der Waals surface area contributed by atoms with Crippen molar-refractivity contribution in [2.75, 3.05) is 5.32 Å². The second-order valence-electron chi connectivity index (χ2n) is 4.27. The molecule has 0 radical (unpaired) electrons. The molecule has 0 aromatic carbocycles. The minimum Gasteiger partial charge on any atom is -0.344 e. The van der Waals surface area contributed by atoms with Gasteiger partial charge in [0.05, 0.1) is 10.7 Å². The van der Waals surface area contributed by atoms with E-state index in [9.17, 15) is 22.0 Å². The molecule has 1 amide bonds. The number of rotatable bonds is 3. The standard InChI is InChI=1S/C11H9ClF2N4O3S/c1-18-4-6(22(15,20)21)9(12)10(18)11(19)16-5-2-7(13)17-8(14)3-5/h2-4H,1H3,(H2,15,20,21)(H,16,17,19). The third-order valence-corrected chi connectivity index (χ3v) is 4.05. The number of sulfonamides is 1. The first-order valence-electron chi connectivity index (χ1n) is 5.61. The van der Waals surface area contributed by atoms with Gasteiger partial charge in [-0.1, -0.05) is 11.6 Å². The second kappa shape index (κ2) is 5.63. The highest BCUT2D eigenvalue weighted by molar-refractivity contribution is 7.89. The summed E-state index contributed by atoms with van der Waals surface area (Å²) >= 11 is 5.84. The van der Waals surface area contributed by atoms with Crippen LogP contribution in [0.15, 0.2) is 23.2 Å². The average molecular weight is 351 g/mol. The summed E-state index contributed by atoms with van der Waals surface area (Å²) in [6.07, 6.45) is 1.06. The number of nitrogens with zero attached hydrogens (tertiary/aromatic N) is 2. The molecule has 0 saturated carbocycles. The van der Waals surface area contributed by atoms with Gasteiger partial charge in [-0.3, -0.25) is 4.79 Å². The molecule has 22 heavy (non-hydrogen) atoms. The van der Waals surface area contributed by atoms with E-state index in [1.54, 1.807) is 0 Å². The molecule has 0 saturated heterocycles. The summed E-state index contributed by atoms with van der Waals surface area (Å²) in [6, 6.07) is 1.58. The Bertz CT molecular complexity index is 846. The molecule has 7 nitrogen and oxygen atoms in total. The molecule has 0 spiro atoms. The molecule has 0 aliphatic rings. The Morgan fingerprint density at radius 2 is 1.91 bits per heavy atom. The second-order valence-corrected chi connectivity index (χ2v) is 6.18. The predicted octanol–water partition coefficient (Wildman–Crippen LogP) is 1.25. The zero-order chi connectivity index (χ0) is 16.7. The SMILES string of the molecule is Cn1cc(S(N)(=O)=O)c(Cl)c1C(=O)Nc1cc(F)nc(F)c1. The number of pyridine rings is 1. The van der Waals surface area contributed by atoms with Gasteiger partial charge in [0.2, 0.25) is 21.9 Å². The number of halogens is 3. The van der Waals surface area contributed by atoms with E-state index in [1.165, 1.54) is 7.05 Å². The highest BCUT2D eigenvalue weighted by Gasteiger charge is 2.25. The predicted molar refractivity (Wildman–Crippen MR) is 73.9 cm³/mol. The number of nitrogens with two attached hydrogens (primary N) is 1. The van der Waals surface area contributed by atoms with Crippen molar-refractivity contribution in [1.29, 1.82) is 0 Å². The van der Waals surface area contributed by atoms with Crippen molar-refractivity contribution in [3.05, 3.63) is 40.9 Å². The van der Waals surface area contributed by atoms with E-state index in [0.717, 1.165) is 22.9 Å². The molecule has 0 fully saturated rings. The molecule has 2 aromatic rings. The minimum absolute atomic E-state index is 0.204. The summed E-state index contributed by atoms with van der Waals surface area (Å²) in [4.78, 5) is 14.5. The zero-order valence-electron chi connectivity index (χ0n) is 11.0. The van der Waals surface area contributed by atoms with Crippen LogP contribution in [-0.4, -0.2) is 23.9 Å². The summed E-state index contributed by atoms with van der Waals surface area (Å²) < 4.78 is 49.7. The summed E-state index contributed by atoms with van der Waals surface area (Å²) in [5, 5.41) is 6.76. The minimum atomic E-state index is -4.12. The van der Waals surface area contributed by atoms with E-state index in [0.29, 0.717) is 0 Å². The van der Waals surface area contributed by atoms with Gasteiger partial charge in [-0.15, -0.1) is 0 Å². The highest BCUT2D eigenvalue weighted by Crippen LogP contribution is 2.27. The molecule has 0 aliphatic carbocycles. The fourth-order valence-electron chi connectivity index (χ4n) is 1.75. The van der Waals surface area contributed by atoms with Crippen LogP contribution < -0.4 is 10.5 Å². The summed E-state index contributed by atoms with van der Waals surface area (Å²) in [6.45, 7) is 0. The third-order valence-electron chi connectivity index (χ3n) is 2.63. The Kier molecular flexibility index (Phi) is 4.18. The van der Waals surface area contributed by atoms with Gasteiger partial charge in [0.15, 0.2) is 0 Å². The molecule has 0 aliphatic heterocycles. The van der Waals surface area contributed by atoms with E-state index in [2.05, 4.69) is 10.3 Å². The lowest BCUT2D eigenvalue weighted by Gasteiger charge is -2.07. The van der Waals surface area contributed by atoms with Crippen molar-refractivity contribution < 1.29 is 22.0 Å². The van der Waals surface area contributed by atoms with Crippen molar-refractivity contribution in [2.45, 2.75) is 4.90 Å². The number of primary sulfonamides is 1. The number of carbonyl (C=O) groups excluding carboxylic acids is 1. The van der Waals surface area contributed by atoms with Crippen LogP contribution in [0.5, 0.6) is 0 Å². The van der Waals surface area contributed by atoms with Crippen LogP contribution in [0.4, 0.5) is 14.5 Å². The maximum atomic E-state index is 13.0. The van der Waals surface area contributed by atoms with Gasteiger partial charge in [0.1, 0.15) is 10.6 Å². The first-order chi connectivity index (χ1) is 10.1. The quantitative estimate of drug-likeness (QED) is 0.812. The summed E-state index contributed by atoms with van der Waals surface area (Å²) in [5.74, 6) is -3.12. The maximum Gasteiger partial charge on any atom is 0.273 e. The number of aromatic nitrogens is 2. The maximum absolute atomic E-state index is 13.0. The van der Waals surface area contributed by atoms with Crippen LogP contribution in [0.1, 0.15) is 10.5 Å². The Morgan fingerprint density at radius 3 is 2.36 bits per heavy atom. The van der Waals surface area contributed by atoms with Crippen molar-refractivity contribution >= 4 is 33.2 Å². The molecule has 118 valence electrons. The molecular formula is C11H9ClF2N4O3S. The van der Waals surface area contributed by atoms with Gasteiger partial charge >= 0.3 is 0 Å². The van der Waals surface area contributed by atoms with Gasteiger partial charge in [-0.25, -0.2) is 13.6 Å². The summed E-state index contributed by atoms with van der Waals surface area (Å²) in [5.41, 5.74) is -0.437. The lowest BCUT2D eigenvalue weighted by atomic mass is 10.3. The van der Waals surface area contributed by atoms with Gasteiger partial charge in [-0.2, -0.15) is 13.8 Å². The number of carbonyl (C=O) groups is 1. The van der Waals surface area contributed by atoms with E-state index in [4.69, 9.17) is 16.7 Å². The van der Waals surface area contributed by atoms with E-state index in [-0.39, 0.29) is 11.4 Å². The van der Waals surface area contributed by atoms with Crippen LogP contribution in [-0.2, 0) is 17.1 Å². The molecule has 2 rings (SSSR count). The van der Waals surface area contributed by atoms with Gasteiger partial charge < -0.3 is 9.88 Å².